The van der Waals surface area contributed by atoms with Gasteiger partial charge in [-0.3, -0.25) is 9.59 Å². The quantitative estimate of drug-likeness (QED) is 0.781. The third-order valence-electron chi connectivity index (χ3n) is 4.65. The average Bonchev–Trinajstić information content (AvgIpc) is 3.11. The molecule has 3 heterocycles. The summed E-state index contributed by atoms with van der Waals surface area (Å²) < 4.78 is 12.4. The lowest BCUT2D eigenvalue weighted by Crippen LogP contribution is -2.50. The van der Waals surface area contributed by atoms with Gasteiger partial charge >= 0.3 is 0 Å². The smallest absolute Gasteiger partial charge is 0.293 e. The van der Waals surface area contributed by atoms with Crippen LogP contribution in [0.2, 0.25) is 0 Å². The molecular weight excluding hydrogens is 324 g/mol. The standard InChI is InChI=1S/C17H26N4O4/c1-20-8-6-18-16(17(20)23)21-7-2-4-13(10-21)19-15(22)12-24-11-14-5-3-9-25-14/h6,8,13-14H,2-5,7,9-12H2,1H3,(H,19,22)/t13-,14+/m1/s1. The highest BCUT2D eigenvalue weighted by Gasteiger charge is 2.24. The van der Waals surface area contributed by atoms with Gasteiger partial charge in [0, 0.05) is 45.2 Å². The molecule has 0 radical (unpaired) electrons. The molecule has 1 aromatic rings. The molecule has 0 unspecified atom stereocenters. The Morgan fingerprint density at radius 3 is 3.12 bits per heavy atom. The van der Waals surface area contributed by atoms with Crippen molar-refractivity contribution < 1.29 is 14.3 Å². The van der Waals surface area contributed by atoms with Crippen LogP contribution in [-0.2, 0) is 21.3 Å². The second-order valence-corrected chi connectivity index (χ2v) is 6.67. The number of carbonyl (C=O) groups is 1. The van der Waals surface area contributed by atoms with Crippen LogP contribution in [0.1, 0.15) is 25.7 Å². The lowest BCUT2D eigenvalue weighted by atomic mass is 10.1. The Kier molecular flexibility index (Phi) is 6.04. The number of hydrogen-bond donors (Lipinski definition) is 1. The van der Waals surface area contributed by atoms with Crippen LogP contribution in [0.4, 0.5) is 5.82 Å². The highest BCUT2D eigenvalue weighted by atomic mass is 16.5. The minimum absolute atomic E-state index is 0.000655. The molecule has 0 aliphatic carbocycles. The van der Waals surface area contributed by atoms with Crippen molar-refractivity contribution in [3.8, 4) is 0 Å². The van der Waals surface area contributed by atoms with Gasteiger partial charge in [0.15, 0.2) is 5.82 Å². The fourth-order valence-corrected chi connectivity index (χ4v) is 3.32. The van der Waals surface area contributed by atoms with Crippen molar-refractivity contribution >= 4 is 11.7 Å². The van der Waals surface area contributed by atoms with Crippen LogP contribution >= 0.6 is 0 Å². The number of nitrogens with one attached hydrogen (secondary N) is 1. The van der Waals surface area contributed by atoms with Crippen molar-refractivity contribution in [3.05, 3.63) is 22.7 Å². The number of aromatic nitrogens is 2. The predicted molar refractivity (Wildman–Crippen MR) is 92.6 cm³/mol. The van der Waals surface area contributed by atoms with E-state index in [1.807, 2.05) is 4.90 Å². The van der Waals surface area contributed by atoms with Crippen LogP contribution in [0.15, 0.2) is 17.2 Å². The molecule has 1 N–H and O–H groups in total. The van der Waals surface area contributed by atoms with Gasteiger partial charge in [-0.05, 0) is 25.7 Å². The van der Waals surface area contributed by atoms with E-state index in [9.17, 15) is 9.59 Å². The summed E-state index contributed by atoms with van der Waals surface area (Å²) in [6, 6.07) is -0.000655. The summed E-state index contributed by atoms with van der Waals surface area (Å²) in [6.45, 7) is 2.65. The third-order valence-corrected chi connectivity index (χ3v) is 4.65. The Balaban J connectivity index is 1.47. The molecule has 2 aliphatic rings. The van der Waals surface area contributed by atoms with Gasteiger partial charge in [-0.15, -0.1) is 0 Å². The molecule has 1 aromatic heterocycles. The molecule has 0 aromatic carbocycles. The highest BCUT2D eigenvalue weighted by Crippen LogP contribution is 2.15. The molecule has 2 atom stereocenters. The molecule has 138 valence electrons. The normalized spacial score (nSPS) is 23.6. The second-order valence-electron chi connectivity index (χ2n) is 6.67. The van der Waals surface area contributed by atoms with Crippen molar-refractivity contribution in [2.45, 2.75) is 37.8 Å². The summed E-state index contributed by atoms with van der Waals surface area (Å²) in [7, 11) is 1.71. The first-order valence-corrected chi connectivity index (χ1v) is 8.89. The summed E-state index contributed by atoms with van der Waals surface area (Å²) in [5.41, 5.74) is -0.116. The third kappa shape index (κ3) is 4.79. The van der Waals surface area contributed by atoms with Crippen LogP contribution in [0.25, 0.3) is 0 Å². The maximum absolute atomic E-state index is 12.2. The number of hydrogen-bond acceptors (Lipinski definition) is 6. The Labute approximate surface area is 147 Å². The van der Waals surface area contributed by atoms with E-state index >= 15 is 0 Å². The van der Waals surface area contributed by atoms with E-state index in [0.29, 0.717) is 19.0 Å². The summed E-state index contributed by atoms with van der Waals surface area (Å²) in [4.78, 5) is 30.4. The first-order valence-electron chi connectivity index (χ1n) is 8.89. The fraction of sp³-hybridized carbons (Fsp3) is 0.706. The van der Waals surface area contributed by atoms with Gasteiger partial charge in [-0.1, -0.05) is 0 Å². The molecule has 0 bridgehead atoms. The number of aryl methyl sites for hydroxylation is 1. The van der Waals surface area contributed by atoms with E-state index in [2.05, 4.69) is 10.3 Å². The number of ether oxygens (including phenoxy) is 2. The Morgan fingerprint density at radius 2 is 2.32 bits per heavy atom. The minimum Gasteiger partial charge on any atom is -0.376 e. The Hall–Kier alpha value is -1.93. The van der Waals surface area contributed by atoms with E-state index in [4.69, 9.17) is 9.47 Å². The topological polar surface area (TPSA) is 85.7 Å². The van der Waals surface area contributed by atoms with E-state index in [1.165, 1.54) is 4.57 Å². The predicted octanol–water partition coefficient (Wildman–Crippen LogP) is 0.0609. The van der Waals surface area contributed by atoms with E-state index in [1.54, 1.807) is 19.4 Å². The first kappa shape index (κ1) is 17.9. The Bertz CT molecular complexity index is 642. The van der Waals surface area contributed by atoms with Gasteiger partial charge in [0.05, 0.1) is 12.7 Å². The van der Waals surface area contributed by atoms with Crippen LogP contribution in [0.3, 0.4) is 0 Å². The molecule has 2 fully saturated rings. The molecule has 8 nitrogen and oxygen atoms in total. The molecule has 2 saturated heterocycles. The Morgan fingerprint density at radius 1 is 1.44 bits per heavy atom. The van der Waals surface area contributed by atoms with Crippen LogP contribution in [-0.4, -0.2) is 60.5 Å². The second kappa shape index (κ2) is 8.44. The maximum atomic E-state index is 12.2. The van der Waals surface area contributed by atoms with Gasteiger partial charge in [-0.25, -0.2) is 4.98 Å². The molecule has 2 aliphatic heterocycles. The molecule has 8 heteroatoms. The number of rotatable bonds is 6. The number of anilines is 1. The van der Waals surface area contributed by atoms with Gasteiger partial charge in [0.25, 0.3) is 5.56 Å². The number of nitrogens with zero attached hydrogens (tertiary/aromatic N) is 3. The maximum Gasteiger partial charge on any atom is 0.293 e. The minimum atomic E-state index is -0.126. The van der Waals surface area contributed by atoms with Crippen molar-refractivity contribution in [3.63, 3.8) is 0 Å². The molecular formula is C17H26N4O4. The van der Waals surface area contributed by atoms with Crippen LogP contribution in [0, 0.1) is 0 Å². The van der Waals surface area contributed by atoms with E-state index < -0.39 is 0 Å². The lowest BCUT2D eigenvalue weighted by Gasteiger charge is -2.33. The number of carbonyl (C=O) groups excluding carboxylic acids is 1. The zero-order valence-electron chi connectivity index (χ0n) is 14.6. The lowest BCUT2D eigenvalue weighted by molar-refractivity contribution is -0.127. The molecule has 0 spiro atoms. The number of piperidine rings is 1. The molecule has 0 saturated carbocycles. The van der Waals surface area contributed by atoms with Gasteiger partial charge in [0.2, 0.25) is 5.91 Å². The van der Waals surface area contributed by atoms with Crippen molar-refractivity contribution in [1.82, 2.24) is 14.9 Å². The summed E-state index contributed by atoms with van der Waals surface area (Å²) in [5.74, 6) is 0.317. The van der Waals surface area contributed by atoms with Crippen LogP contribution in [0.5, 0.6) is 0 Å². The van der Waals surface area contributed by atoms with Crippen molar-refractivity contribution in [1.29, 1.82) is 0 Å². The molecule has 25 heavy (non-hydrogen) atoms. The van der Waals surface area contributed by atoms with Crippen LogP contribution < -0.4 is 15.8 Å². The van der Waals surface area contributed by atoms with E-state index in [-0.39, 0.29) is 30.2 Å². The average molecular weight is 350 g/mol. The SMILES string of the molecule is Cn1ccnc(N2CCC[C@@H](NC(=O)COC[C@@H]3CCCO3)C2)c1=O. The van der Waals surface area contributed by atoms with Gasteiger partial charge in [0.1, 0.15) is 6.61 Å². The summed E-state index contributed by atoms with van der Waals surface area (Å²) >= 11 is 0. The van der Waals surface area contributed by atoms with Crippen molar-refractivity contribution in [2.24, 2.45) is 7.05 Å². The monoisotopic (exact) mass is 350 g/mol. The molecule has 1 amide bonds. The van der Waals surface area contributed by atoms with Gasteiger partial charge in [-0.2, -0.15) is 0 Å². The highest BCUT2D eigenvalue weighted by molar-refractivity contribution is 5.77. The zero-order chi connectivity index (χ0) is 17.6. The molecule has 3 rings (SSSR count). The van der Waals surface area contributed by atoms with E-state index in [0.717, 1.165) is 38.8 Å². The largest absolute Gasteiger partial charge is 0.376 e. The summed E-state index contributed by atoms with van der Waals surface area (Å²) in [5, 5.41) is 3.00. The fourth-order valence-electron chi connectivity index (χ4n) is 3.32. The van der Waals surface area contributed by atoms with Gasteiger partial charge < -0.3 is 24.3 Å². The summed E-state index contributed by atoms with van der Waals surface area (Å²) in [6.07, 6.45) is 7.24. The zero-order valence-corrected chi connectivity index (χ0v) is 14.6. The van der Waals surface area contributed by atoms with Crippen molar-refractivity contribution in [2.75, 3.05) is 37.8 Å². The number of amides is 1. The first-order chi connectivity index (χ1) is 12.1.